The Morgan fingerprint density at radius 1 is 1.10 bits per heavy atom. The van der Waals surface area contributed by atoms with Crippen molar-refractivity contribution < 1.29 is 4.79 Å². The van der Waals surface area contributed by atoms with E-state index in [4.69, 9.17) is 5.73 Å². The first kappa shape index (κ1) is 12.3. The Hall–Kier alpha value is -2.75. The van der Waals surface area contributed by atoms with Crippen LogP contribution in [0, 0.1) is 6.92 Å². The van der Waals surface area contributed by atoms with Gasteiger partial charge in [-0.2, -0.15) is 0 Å². The van der Waals surface area contributed by atoms with Gasteiger partial charge in [0.05, 0.1) is 16.7 Å². The van der Waals surface area contributed by atoms with Gasteiger partial charge in [-0.25, -0.2) is 4.98 Å². The van der Waals surface area contributed by atoms with Crippen LogP contribution in [0.1, 0.15) is 15.9 Å². The molecule has 3 rings (SSSR count). The van der Waals surface area contributed by atoms with Gasteiger partial charge in [0.2, 0.25) is 5.91 Å². The van der Waals surface area contributed by atoms with Crippen LogP contribution in [0.15, 0.2) is 48.7 Å². The maximum atomic E-state index is 11.3. The maximum Gasteiger partial charge on any atom is 0.248 e. The van der Waals surface area contributed by atoms with E-state index in [1.165, 1.54) is 0 Å². The number of rotatable bonds is 2. The lowest BCUT2D eigenvalue weighted by atomic mass is 10.0. The fourth-order valence-electron chi connectivity index (χ4n) is 2.16. The lowest BCUT2D eigenvalue weighted by Gasteiger charge is -2.08. The van der Waals surface area contributed by atoms with Gasteiger partial charge in [-0.1, -0.05) is 6.07 Å². The number of pyridine rings is 2. The highest BCUT2D eigenvalue weighted by molar-refractivity contribution is 5.94. The van der Waals surface area contributed by atoms with Crippen LogP contribution in [0.5, 0.6) is 0 Å². The fraction of sp³-hybridized carbons (Fsp3) is 0.0625. The molecule has 0 aliphatic heterocycles. The summed E-state index contributed by atoms with van der Waals surface area (Å²) >= 11 is 0. The standard InChI is InChI=1S/C16H13N3O/c1-10-4-5-11(16(17)20)9-12(10)13-6-7-14-15(19-13)3-2-8-18-14/h2-9H,1H3,(H2,17,20). The second kappa shape index (κ2) is 4.74. The van der Waals surface area contributed by atoms with Crippen molar-refractivity contribution in [1.29, 1.82) is 0 Å². The fourth-order valence-corrected chi connectivity index (χ4v) is 2.16. The zero-order valence-corrected chi connectivity index (χ0v) is 11.0. The summed E-state index contributed by atoms with van der Waals surface area (Å²) in [6.45, 7) is 1.98. The molecule has 98 valence electrons. The van der Waals surface area contributed by atoms with E-state index in [-0.39, 0.29) is 0 Å². The molecule has 2 aromatic heterocycles. The summed E-state index contributed by atoms with van der Waals surface area (Å²) in [5.74, 6) is -0.436. The molecular formula is C16H13N3O. The van der Waals surface area contributed by atoms with Gasteiger partial charge in [-0.3, -0.25) is 9.78 Å². The summed E-state index contributed by atoms with van der Waals surface area (Å²) in [5.41, 5.74) is 10.3. The quantitative estimate of drug-likeness (QED) is 0.772. The van der Waals surface area contributed by atoms with Gasteiger partial charge in [0.1, 0.15) is 0 Å². The lowest BCUT2D eigenvalue weighted by molar-refractivity contribution is 0.100. The molecule has 2 heterocycles. The zero-order chi connectivity index (χ0) is 14.1. The summed E-state index contributed by atoms with van der Waals surface area (Å²) in [7, 11) is 0. The molecule has 0 atom stereocenters. The van der Waals surface area contributed by atoms with E-state index < -0.39 is 5.91 Å². The van der Waals surface area contributed by atoms with Crippen molar-refractivity contribution >= 4 is 16.9 Å². The Morgan fingerprint density at radius 2 is 1.95 bits per heavy atom. The number of primary amides is 1. The lowest BCUT2D eigenvalue weighted by Crippen LogP contribution is -2.11. The first-order valence-corrected chi connectivity index (χ1v) is 6.28. The van der Waals surface area contributed by atoms with E-state index in [1.54, 1.807) is 18.3 Å². The van der Waals surface area contributed by atoms with Crippen LogP contribution in [0.25, 0.3) is 22.3 Å². The molecule has 0 aliphatic rings. The van der Waals surface area contributed by atoms with E-state index in [9.17, 15) is 4.79 Å². The number of carbonyl (C=O) groups excluding carboxylic acids is 1. The highest BCUT2D eigenvalue weighted by atomic mass is 16.1. The van der Waals surface area contributed by atoms with Crippen molar-refractivity contribution in [3.05, 3.63) is 59.8 Å². The molecule has 1 aromatic carbocycles. The van der Waals surface area contributed by atoms with E-state index in [0.29, 0.717) is 5.56 Å². The highest BCUT2D eigenvalue weighted by Crippen LogP contribution is 2.24. The van der Waals surface area contributed by atoms with Crippen molar-refractivity contribution in [3.63, 3.8) is 0 Å². The summed E-state index contributed by atoms with van der Waals surface area (Å²) in [6, 6.07) is 13.0. The average molecular weight is 263 g/mol. The maximum absolute atomic E-state index is 11.3. The normalized spacial score (nSPS) is 10.7. The van der Waals surface area contributed by atoms with Crippen molar-refractivity contribution in [1.82, 2.24) is 9.97 Å². The van der Waals surface area contributed by atoms with Gasteiger partial charge in [0, 0.05) is 17.3 Å². The first-order chi connectivity index (χ1) is 9.65. The van der Waals surface area contributed by atoms with Gasteiger partial charge < -0.3 is 5.73 Å². The number of aryl methyl sites for hydroxylation is 1. The Morgan fingerprint density at radius 3 is 2.75 bits per heavy atom. The molecule has 2 N–H and O–H groups in total. The number of fused-ring (bicyclic) bond motifs is 1. The van der Waals surface area contributed by atoms with Crippen LogP contribution in [0.4, 0.5) is 0 Å². The SMILES string of the molecule is Cc1ccc(C(N)=O)cc1-c1ccc2ncccc2n1. The molecule has 0 radical (unpaired) electrons. The number of aromatic nitrogens is 2. The van der Waals surface area contributed by atoms with Crippen LogP contribution < -0.4 is 5.73 Å². The topological polar surface area (TPSA) is 68.9 Å². The van der Waals surface area contributed by atoms with E-state index in [2.05, 4.69) is 9.97 Å². The third-order valence-corrected chi connectivity index (χ3v) is 3.25. The molecule has 0 unspecified atom stereocenters. The van der Waals surface area contributed by atoms with Crippen molar-refractivity contribution in [2.24, 2.45) is 5.73 Å². The number of nitrogens with two attached hydrogens (primary N) is 1. The minimum atomic E-state index is -0.436. The molecule has 0 saturated carbocycles. The summed E-state index contributed by atoms with van der Waals surface area (Å²) < 4.78 is 0. The Bertz CT molecular complexity index is 812. The van der Waals surface area contributed by atoms with E-state index in [0.717, 1.165) is 27.9 Å². The van der Waals surface area contributed by atoms with Crippen molar-refractivity contribution in [2.75, 3.05) is 0 Å². The minimum absolute atomic E-state index is 0.436. The molecule has 0 fully saturated rings. The molecule has 1 amide bonds. The highest BCUT2D eigenvalue weighted by Gasteiger charge is 2.08. The summed E-state index contributed by atoms with van der Waals surface area (Å²) in [6.07, 6.45) is 1.74. The third kappa shape index (κ3) is 2.12. The van der Waals surface area contributed by atoms with Crippen molar-refractivity contribution in [2.45, 2.75) is 6.92 Å². The predicted octanol–water partition coefficient (Wildman–Crippen LogP) is 2.70. The molecule has 0 aliphatic carbocycles. The molecular weight excluding hydrogens is 250 g/mol. The average Bonchev–Trinajstić information content (AvgIpc) is 2.47. The number of carbonyl (C=O) groups is 1. The minimum Gasteiger partial charge on any atom is -0.366 e. The van der Waals surface area contributed by atoms with Gasteiger partial charge >= 0.3 is 0 Å². The summed E-state index contributed by atoms with van der Waals surface area (Å²) in [5, 5.41) is 0. The number of benzene rings is 1. The van der Waals surface area contributed by atoms with Crippen LogP contribution in [-0.2, 0) is 0 Å². The molecule has 4 nitrogen and oxygen atoms in total. The summed E-state index contributed by atoms with van der Waals surface area (Å²) in [4.78, 5) is 20.1. The van der Waals surface area contributed by atoms with Crippen molar-refractivity contribution in [3.8, 4) is 11.3 Å². The van der Waals surface area contributed by atoms with E-state index >= 15 is 0 Å². The van der Waals surface area contributed by atoms with Gasteiger partial charge in [-0.15, -0.1) is 0 Å². The Kier molecular flexibility index (Phi) is 2.91. The smallest absolute Gasteiger partial charge is 0.248 e. The molecule has 20 heavy (non-hydrogen) atoms. The van der Waals surface area contributed by atoms with Crippen LogP contribution in [0.2, 0.25) is 0 Å². The molecule has 4 heteroatoms. The molecule has 0 bridgehead atoms. The Labute approximate surface area is 116 Å². The van der Waals surface area contributed by atoms with Crippen LogP contribution in [-0.4, -0.2) is 15.9 Å². The predicted molar refractivity (Wildman–Crippen MR) is 78.2 cm³/mol. The number of amides is 1. The monoisotopic (exact) mass is 263 g/mol. The van der Waals surface area contributed by atoms with Gasteiger partial charge in [0.25, 0.3) is 0 Å². The first-order valence-electron chi connectivity index (χ1n) is 6.28. The van der Waals surface area contributed by atoms with Crippen LogP contribution >= 0.6 is 0 Å². The molecule has 0 saturated heterocycles. The Balaban J connectivity index is 2.19. The second-order valence-corrected chi connectivity index (χ2v) is 4.63. The third-order valence-electron chi connectivity index (χ3n) is 3.25. The molecule has 0 spiro atoms. The molecule has 3 aromatic rings. The largest absolute Gasteiger partial charge is 0.366 e. The number of hydrogen-bond donors (Lipinski definition) is 1. The number of hydrogen-bond acceptors (Lipinski definition) is 3. The van der Waals surface area contributed by atoms with Gasteiger partial charge in [-0.05, 0) is 48.9 Å². The van der Waals surface area contributed by atoms with Crippen LogP contribution in [0.3, 0.4) is 0 Å². The zero-order valence-electron chi connectivity index (χ0n) is 11.0. The number of nitrogens with zero attached hydrogens (tertiary/aromatic N) is 2. The second-order valence-electron chi connectivity index (χ2n) is 4.63. The van der Waals surface area contributed by atoms with Gasteiger partial charge in [0.15, 0.2) is 0 Å². The van der Waals surface area contributed by atoms with E-state index in [1.807, 2.05) is 37.3 Å².